The summed E-state index contributed by atoms with van der Waals surface area (Å²) < 4.78 is 24.9. The van der Waals surface area contributed by atoms with Gasteiger partial charge >= 0.3 is 0 Å². The molecule has 7 heteroatoms. The van der Waals surface area contributed by atoms with Crippen LogP contribution in [0.25, 0.3) is 0 Å². The molecule has 0 aliphatic carbocycles. The molecule has 0 atom stereocenters. The zero-order chi connectivity index (χ0) is 10.4. The van der Waals surface area contributed by atoms with Crippen LogP contribution in [0, 0.1) is 0 Å². The van der Waals surface area contributed by atoms with Gasteiger partial charge in [-0.2, -0.15) is 5.10 Å². The van der Waals surface area contributed by atoms with Gasteiger partial charge in [-0.05, 0) is 6.42 Å². The van der Waals surface area contributed by atoms with Gasteiger partial charge in [0.05, 0.1) is 11.9 Å². The molecule has 3 N–H and O–H groups in total. The molecule has 14 heavy (non-hydrogen) atoms. The average Bonchev–Trinajstić information content (AvgIpc) is 2.64. The molecule has 0 bridgehead atoms. The number of aliphatic hydroxyl groups is 1. The normalized spacial score (nSPS) is 11.8. The third-order valence-electron chi connectivity index (χ3n) is 1.62. The predicted molar refractivity (Wildman–Crippen MR) is 50.9 cm³/mol. The first-order valence-electron chi connectivity index (χ1n) is 4.20. The first kappa shape index (κ1) is 11.2. The molecule has 0 unspecified atom stereocenters. The molecule has 80 valence electrons. The van der Waals surface area contributed by atoms with Crippen molar-refractivity contribution in [2.45, 2.75) is 13.0 Å². The van der Waals surface area contributed by atoms with Crippen molar-refractivity contribution in [3.05, 3.63) is 18.0 Å². The second-order valence-electron chi connectivity index (χ2n) is 2.82. The van der Waals surface area contributed by atoms with Crippen LogP contribution in [0.2, 0.25) is 0 Å². The molecule has 0 saturated heterocycles. The van der Waals surface area contributed by atoms with Crippen molar-refractivity contribution in [3.63, 3.8) is 0 Å². The third kappa shape index (κ3) is 3.86. The van der Waals surface area contributed by atoms with Crippen LogP contribution in [-0.2, 0) is 16.6 Å². The highest BCUT2D eigenvalue weighted by Crippen LogP contribution is 1.95. The van der Waals surface area contributed by atoms with Crippen LogP contribution in [0.15, 0.2) is 12.4 Å². The molecule has 1 heterocycles. The van der Waals surface area contributed by atoms with Crippen molar-refractivity contribution in [1.29, 1.82) is 0 Å². The maximum atomic E-state index is 11.2. The maximum Gasteiger partial charge on any atom is 0.211 e. The van der Waals surface area contributed by atoms with Crippen LogP contribution in [0.4, 0.5) is 0 Å². The van der Waals surface area contributed by atoms with Gasteiger partial charge in [0.1, 0.15) is 0 Å². The molecule has 0 spiro atoms. The molecule has 0 aliphatic rings. The summed E-state index contributed by atoms with van der Waals surface area (Å²) in [4.78, 5) is 0. The Morgan fingerprint density at radius 2 is 2.36 bits per heavy atom. The first-order chi connectivity index (χ1) is 6.64. The lowest BCUT2D eigenvalue weighted by Gasteiger charge is -2.03. The van der Waals surface area contributed by atoms with Crippen molar-refractivity contribution < 1.29 is 13.5 Å². The Labute approximate surface area is 82.4 Å². The summed E-state index contributed by atoms with van der Waals surface area (Å²) in [5.74, 6) is -0.0542. The first-order valence-corrected chi connectivity index (χ1v) is 5.85. The van der Waals surface area contributed by atoms with Crippen LogP contribution in [0.3, 0.4) is 0 Å². The van der Waals surface area contributed by atoms with E-state index in [9.17, 15) is 8.42 Å². The molecule has 0 amide bonds. The highest BCUT2D eigenvalue weighted by atomic mass is 32.2. The van der Waals surface area contributed by atoms with Crippen molar-refractivity contribution in [1.82, 2.24) is 14.9 Å². The van der Waals surface area contributed by atoms with Gasteiger partial charge < -0.3 is 5.11 Å². The SMILES string of the molecule is O=S(=O)(CCCO)NCc1cn[nH]c1. The number of nitrogens with one attached hydrogen (secondary N) is 2. The lowest BCUT2D eigenvalue weighted by Crippen LogP contribution is -2.26. The van der Waals surface area contributed by atoms with Gasteiger partial charge in [-0.15, -0.1) is 0 Å². The van der Waals surface area contributed by atoms with Crippen LogP contribution >= 0.6 is 0 Å². The number of nitrogens with zero attached hydrogens (tertiary/aromatic N) is 1. The second-order valence-corrected chi connectivity index (χ2v) is 4.75. The number of hydrogen-bond donors (Lipinski definition) is 3. The number of aromatic nitrogens is 2. The largest absolute Gasteiger partial charge is 0.396 e. The van der Waals surface area contributed by atoms with E-state index in [1.54, 1.807) is 12.4 Å². The summed E-state index contributed by atoms with van der Waals surface area (Å²) in [7, 11) is -3.27. The van der Waals surface area contributed by atoms with E-state index < -0.39 is 10.0 Å². The second kappa shape index (κ2) is 5.08. The summed E-state index contributed by atoms with van der Waals surface area (Å²) in [5.41, 5.74) is 0.776. The molecule has 1 aromatic heterocycles. The minimum atomic E-state index is -3.27. The molecule has 0 saturated carbocycles. The van der Waals surface area contributed by atoms with Crippen molar-refractivity contribution in [2.75, 3.05) is 12.4 Å². The van der Waals surface area contributed by atoms with E-state index in [4.69, 9.17) is 5.11 Å². The van der Waals surface area contributed by atoms with Crippen LogP contribution in [0.1, 0.15) is 12.0 Å². The molecular weight excluding hydrogens is 206 g/mol. The van der Waals surface area contributed by atoms with E-state index in [0.717, 1.165) is 5.56 Å². The van der Waals surface area contributed by atoms with Gasteiger partial charge in [0.15, 0.2) is 0 Å². The topological polar surface area (TPSA) is 95.1 Å². The number of H-pyrrole nitrogens is 1. The fraction of sp³-hybridized carbons (Fsp3) is 0.571. The number of aromatic amines is 1. The summed E-state index contributed by atoms with van der Waals surface area (Å²) in [6.45, 7) is 0.108. The van der Waals surface area contributed by atoms with Gasteiger partial charge in [0.2, 0.25) is 10.0 Å². The molecule has 0 radical (unpaired) electrons. The molecule has 0 aromatic carbocycles. The van der Waals surface area contributed by atoms with Crippen molar-refractivity contribution in [3.8, 4) is 0 Å². The van der Waals surface area contributed by atoms with E-state index in [-0.39, 0.29) is 25.3 Å². The molecule has 1 aromatic rings. The van der Waals surface area contributed by atoms with E-state index in [1.807, 2.05) is 0 Å². The number of hydrogen-bond acceptors (Lipinski definition) is 4. The Kier molecular flexibility index (Phi) is 4.05. The van der Waals surface area contributed by atoms with Crippen LogP contribution in [-0.4, -0.2) is 36.1 Å². The maximum absolute atomic E-state index is 11.2. The van der Waals surface area contributed by atoms with Crippen LogP contribution < -0.4 is 4.72 Å². The monoisotopic (exact) mass is 219 g/mol. The summed E-state index contributed by atoms with van der Waals surface area (Å²) in [5, 5.41) is 14.7. The van der Waals surface area contributed by atoms with Crippen molar-refractivity contribution in [2.24, 2.45) is 0 Å². The quantitative estimate of drug-likeness (QED) is 0.584. The zero-order valence-electron chi connectivity index (χ0n) is 7.60. The molecule has 0 fully saturated rings. The minimum absolute atomic E-state index is 0.0542. The summed E-state index contributed by atoms with van der Waals surface area (Å²) >= 11 is 0. The molecular formula is C7H13N3O3S. The highest BCUT2D eigenvalue weighted by molar-refractivity contribution is 7.89. The number of rotatable bonds is 6. The fourth-order valence-electron chi connectivity index (χ4n) is 0.894. The van der Waals surface area contributed by atoms with E-state index in [0.29, 0.717) is 0 Å². The van der Waals surface area contributed by atoms with Crippen LogP contribution in [0.5, 0.6) is 0 Å². The van der Waals surface area contributed by atoms with Gasteiger partial charge in [-0.1, -0.05) is 0 Å². The van der Waals surface area contributed by atoms with E-state index >= 15 is 0 Å². The molecule has 6 nitrogen and oxygen atoms in total. The Hall–Kier alpha value is -0.920. The minimum Gasteiger partial charge on any atom is -0.396 e. The lowest BCUT2D eigenvalue weighted by molar-refractivity contribution is 0.295. The highest BCUT2D eigenvalue weighted by Gasteiger charge is 2.08. The summed E-state index contributed by atoms with van der Waals surface area (Å²) in [6.07, 6.45) is 3.42. The van der Waals surface area contributed by atoms with Gasteiger partial charge in [0, 0.05) is 24.9 Å². The zero-order valence-corrected chi connectivity index (χ0v) is 8.42. The van der Waals surface area contributed by atoms with Gasteiger partial charge in [0.25, 0.3) is 0 Å². The predicted octanol–water partition coefficient (Wildman–Crippen LogP) is -0.788. The van der Waals surface area contributed by atoms with Gasteiger partial charge in [-0.25, -0.2) is 13.1 Å². The number of aliphatic hydroxyl groups excluding tert-OH is 1. The lowest BCUT2D eigenvalue weighted by atomic mass is 10.4. The van der Waals surface area contributed by atoms with E-state index in [2.05, 4.69) is 14.9 Å². The van der Waals surface area contributed by atoms with Gasteiger partial charge in [-0.3, -0.25) is 5.10 Å². The Balaban J connectivity index is 2.37. The molecule has 1 rings (SSSR count). The number of sulfonamides is 1. The van der Waals surface area contributed by atoms with Crippen molar-refractivity contribution >= 4 is 10.0 Å². The average molecular weight is 219 g/mol. The standard InChI is InChI=1S/C7H13N3O3S/c11-2-1-3-14(12,13)10-6-7-4-8-9-5-7/h4-5,10-11H,1-3,6H2,(H,8,9). The van der Waals surface area contributed by atoms with E-state index in [1.165, 1.54) is 0 Å². The fourth-order valence-corrected chi connectivity index (χ4v) is 1.93. The third-order valence-corrected chi connectivity index (χ3v) is 3.03. The molecule has 0 aliphatic heterocycles. The summed E-state index contributed by atoms with van der Waals surface area (Å²) in [6, 6.07) is 0. The smallest absolute Gasteiger partial charge is 0.211 e. The Morgan fingerprint density at radius 3 is 2.93 bits per heavy atom. The Bertz CT molecular complexity index is 346. The Morgan fingerprint density at radius 1 is 1.57 bits per heavy atom.